The lowest BCUT2D eigenvalue weighted by Crippen LogP contribution is -2.32. The number of aryl methyl sites for hydroxylation is 1. The summed E-state index contributed by atoms with van der Waals surface area (Å²) in [5, 5.41) is 8.85. The minimum atomic E-state index is -0.561. The average molecular weight is 504 g/mol. The van der Waals surface area contributed by atoms with Crippen LogP contribution in [0.25, 0.3) is 5.69 Å². The van der Waals surface area contributed by atoms with Crippen molar-refractivity contribution in [1.29, 1.82) is 0 Å². The molecule has 1 fully saturated rings. The van der Waals surface area contributed by atoms with E-state index in [9.17, 15) is 14.4 Å². The highest BCUT2D eigenvalue weighted by Crippen LogP contribution is 2.21. The number of benzene rings is 2. The summed E-state index contributed by atoms with van der Waals surface area (Å²) in [6, 6.07) is 13.3. The molecule has 0 unspecified atom stereocenters. The largest absolute Gasteiger partial charge is 0.444 e. The van der Waals surface area contributed by atoms with E-state index >= 15 is 0 Å². The van der Waals surface area contributed by atoms with Crippen molar-refractivity contribution < 1.29 is 14.3 Å². The number of alkyl carbamates (subject to hydrolysis) is 1. The molecule has 2 amide bonds. The van der Waals surface area contributed by atoms with Crippen LogP contribution >= 0.6 is 0 Å². The Balaban J connectivity index is 1.45. The smallest absolute Gasteiger partial charge is 0.407 e. The summed E-state index contributed by atoms with van der Waals surface area (Å²) < 4.78 is 6.77. The SMILES string of the molecule is Cc1ccc(C(=O)NC2CC2)cc1-n1ccnc(NCc2cccc(CNC(=O)OC(C)(C)C)c2)c1=O. The third kappa shape index (κ3) is 7.19. The molecular formula is C28H33N5O4. The van der Waals surface area contributed by atoms with Crippen molar-refractivity contribution in [3.8, 4) is 5.69 Å². The lowest BCUT2D eigenvalue weighted by atomic mass is 10.1. The highest BCUT2D eigenvalue weighted by molar-refractivity contribution is 5.95. The van der Waals surface area contributed by atoms with E-state index < -0.39 is 11.7 Å². The van der Waals surface area contributed by atoms with E-state index in [-0.39, 0.29) is 23.3 Å². The van der Waals surface area contributed by atoms with Crippen molar-refractivity contribution in [3.05, 3.63) is 87.5 Å². The first-order valence-corrected chi connectivity index (χ1v) is 12.4. The van der Waals surface area contributed by atoms with Gasteiger partial charge in [0.1, 0.15) is 5.60 Å². The summed E-state index contributed by atoms with van der Waals surface area (Å²) in [7, 11) is 0. The lowest BCUT2D eigenvalue weighted by molar-refractivity contribution is 0.0523. The first kappa shape index (κ1) is 25.9. The molecule has 1 aromatic heterocycles. The van der Waals surface area contributed by atoms with Gasteiger partial charge in [0, 0.05) is 37.1 Å². The number of carbonyl (C=O) groups is 2. The highest BCUT2D eigenvalue weighted by atomic mass is 16.6. The van der Waals surface area contributed by atoms with Gasteiger partial charge in [0.15, 0.2) is 5.82 Å². The van der Waals surface area contributed by atoms with Gasteiger partial charge in [-0.3, -0.25) is 14.2 Å². The second-order valence-corrected chi connectivity index (χ2v) is 10.2. The zero-order valence-corrected chi connectivity index (χ0v) is 21.6. The maximum Gasteiger partial charge on any atom is 0.407 e. The molecular weight excluding hydrogens is 470 g/mol. The van der Waals surface area contributed by atoms with Crippen LogP contribution < -0.4 is 21.5 Å². The fraction of sp³-hybridized carbons (Fsp3) is 0.357. The van der Waals surface area contributed by atoms with Crippen LogP contribution in [0.2, 0.25) is 0 Å². The zero-order valence-electron chi connectivity index (χ0n) is 21.6. The summed E-state index contributed by atoms with van der Waals surface area (Å²) in [6.07, 6.45) is 4.69. The van der Waals surface area contributed by atoms with Crippen molar-refractivity contribution in [2.45, 2.75) is 65.3 Å². The maximum atomic E-state index is 13.2. The first-order valence-electron chi connectivity index (χ1n) is 12.4. The molecule has 2 aromatic carbocycles. The summed E-state index contributed by atoms with van der Waals surface area (Å²) >= 11 is 0. The minimum absolute atomic E-state index is 0.134. The van der Waals surface area contributed by atoms with Gasteiger partial charge >= 0.3 is 6.09 Å². The van der Waals surface area contributed by atoms with Crippen LogP contribution in [0.15, 0.2) is 59.7 Å². The molecule has 3 aromatic rings. The van der Waals surface area contributed by atoms with E-state index in [2.05, 4.69) is 20.9 Å². The van der Waals surface area contributed by atoms with E-state index in [0.717, 1.165) is 29.5 Å². The quantitative estimate of drug-likeness (QED) is 0.427. The number of hydrogen-bond donors (Lipinski definition) is 3. The standard InChI is InChI=1S/C28H33N5O4/c1-18-8-9-21(25(34)32-22-10-11-22)15-23(18)33-13-12-29-24(26(33)35)30-16-19-6-5-7-20(14-19)17-31-27(36)37-28(2,3)4/h5-9,12-15,22H,10-11,16-17H2,1-4H3,(H,29,30)(H,31,36)(H,32,34). The molecule has 9 nitrogen and oxygen atoms in total. The molecule has 37 heavy (non-hydrogen) atoms. The Bertz CT molecular complexity index is 1360. The third-order valence-corrected chi connectivity index (χ3v) is 5.77. The van der Waals surface area contributed by atoms with Gasteiger partial charge in [-0.2, -0.15) is 0 Å². The molecule has 0 atom stereocenters. The van der Waals surface area contributed by atoms with E-state index in [4.69, 9.17) is 4.74 Å². The topological polar surface area (TPSA) is 114 Å². The van der Waals surface area contributed by atoms with Gasteiger partial charge in [0.05, 0.1) is 5.69 Å². The molecule has 0 spiro atoms. The molecule has 194 valence electrons. The summed E-state index contributed by atoms with van der Waals surface area (Å²) in [5.41, 5.74) is 2.97. The molecule has 1 saturated carbocycles. The van der Waals surface area contributed by atoms with Crippen molar-refractivity contribution in [1.82, 2.24) is 20.2 Å². The first-order chi connectivity index (χ1) is 17.6. The van der Waals surface area contributed by atoms with E-state index in [0.29, 0.717) is 24.3 Å². The predicted molar refractivity (Wildman–Crippen MR) is 142 cm³/mol. The summed E-state index contributed by atoms with van der Waals surface area (Å²) in [4.78, 5) is 41.9. The van der Waals surface area contributed by atoms with Gasteiger partial charge in [-0.1, -0.05) is 30.3 Å². The lowest BCUT2D eigenvalue weighted by Gasteiger charge is -2.19. The Kier molecular flexibility index (Phi) is 7.61. The molecule has 1 aliphatic carbocycles. The summed E-state index contributed by atoms with van der Waals surface area (Å²) in [6.45, 7) is 8.03. The van der Waals surface area contributed by atoms with Gasteiger partial charge in [-0.05, 0) is 69.4 Å². The van der Waals surface area contributed by atoms with Gasteiger partial charge in [-0.15, -0.1) is 0 Å². The fourth-order valence-corrected chi connectivity index (χ4v) is 3.75. The molecule has 0 saturated heterocycles. The zero-order chi connectivity index (χ0) is 26.6. The Morgan fingerprint density at radius 1 is 1.08 bits per heavy atom. The Labute approximate surface area is 216 Å². The molecule has 3 N–H and O–H groups in total. The Morgan fingerprint density at radius 2 is 1.81 bits per heavy atom. The molecule has 0 bridgehead atoms. The van der Waals surface area contributed by atoms with Crippen molar-refractivity contribution in [3.63, 3.8) is 0 Å². The van der Waals surface area contributed by atoms with Crippen LogP contribution in [-0.2, 0) is 17.8 Å². The molecule has 9 heteroatoms. The van der Waals surface area contributed by atoms with Crippen LogP contribution in [0, 0.1) is 6.92 Å². The van der Waals surface area contributed by atoms with E-state index in [1.165, 1.54) is 4.57 Å². The predicted octanol–water partition coefficient (Wildman–Crippen LogP) is 4.07. The number of ether oxygens (including phenoxy) is 1. The maximum absolute atomic E-state index is 13.2. The number of amides is 2. The van der Waals surface area contributed by atoms with Crippen LogP contribution in [0.4, 0.5) is 10.6 Å². The number of anilines is 1. The minimum Gasteiger partial charge on any atom is -0.444 e. The number of carbonyl (C=O) groups excluding carboxylic acids is 2. The molecule has 0 radical (unpaired) electrons. The third-order valence-electron chi connectivity index (χ3n) is 5.77. The normalized spacial score (nSPS) is 13.1. The van der Waals surface area contributed by atoms with E-state index in [1.54, 1.807) is 24.5 Å². The van der Waals surface area contributed by atoms with Crippen LogP contribution in [0.5, 0.6) is 0 Å². The second-order valence-electron chi connectivity index (χ2n) is 10.2. The fourth-order valence-electron chi connectivity index (χ4n) is 3.75. The number of nitrogens with one attached hydrogen (secondary N) is 3. The molecule has 1 heterocycles. The number of hydrogen-bond acceptors (Lipinski definition) is 6. The Hall–Kier alpha value is -4.14. The molecule has 1 aliphatic rings. The van der Waals surface area contributed by atoms with Crippen molar-refractivity contribution in [2.75, 3.05) is 5.32 Å². The number of aromatic nitrogens is 2. The molecule has 4 rings (SSSR count). The van der Waals surface area contributed by atoms with Gasteiger partial charge < -0.3 is 20.7 Å². The second kappa shape index (κ2) is 10.9. The van der Waals surface area contributed by atoms with Crippen molar-refractivity contribution >= 4 is 17.8 Å². The van der Waals surface area contributed by atoms with Crippen LogP contribution in [-0.4, -0.2) is 33.2 Å². The van der Waals surface area contributed by atoms with Crippen LogP contribution in [0.3, 0.4) is 0 Å². The number of rotatable bonds is 8. The monoisotopic (exact) mass is 503 g/mol. The van der Waals surface area contributed by atoms with Gasteiger partial charge in [-0.25, -0.2) is 9.78 Å². The highest BCUT2D eigenvalue weighted by Gasteiger charge is 2.24. The molecule has 0 aliphatic heterocycles. The average Bonchev–Trinajstić information content (AvgIpc) is 3.66. The van der Waals surface area contributed by atoms with E-state index in [1.807, 2.05) is 58.0 Å². The van der Waals surface area contributed by atoms with Gasteiger partial charge in [0.2, 0.25) is 0 Å². The summed E-state index contributed by atoms with van der Waals surface area (Å²) in [5.74, 6) is 0.0669. The van der Waals surface area contributed by atoms with Crippen LogP contribution in [0.1, 0.15) is 60.7 Å². The van der Waals surface area contributed by atoms with Gasteiger partial charge in [0.25, 0.3) is 11.5 Å². The Morgan fingerprint density at radius 3 is 2.51 bits per heavy atom. The number of nitrogens with zero attached hydrogens (tertiary/aromatic N) is 2. The van der Waals surface area contributed by atoms with Crippen molar-refractivity contribution in [2.24, 2.45) is 0 Å².